The van der Waals surface area contributed by atoms with Gasteiger partial charge in [0.1, 0.15) is 6.42 Å². The summed E-state index contributed by atoms with van der Waals surface area (Å²) in [6.07, 6.45) is 1.60. The number of carbonyl (C=O) groups is 1. The normalized spacial score (nSPS) is 16.0. The Kier molecular flexibility index (Phi) is 5.84. The lowest BCUT2D eigenvalue weighted by atomic mass is 10.2. The van der Waals surface area contributed by atoms with Crippen LogP contribution in [0, 0.1) is 0 Å². The van der Waals surface area contributed by atoms with Gasteiger partial charge in [-0.25, -0.2) is 0 Å². The number of carboxylic acid groups (broad SMARTS) is 1. The molecule has 4 rings (SSSR count). The first kappa shape index (κ1) is 20.1. The molecule has 0 aliphatic carbocycles. The highest BCUT2D eigenvalue weighted by atomic mass is 31.2. The zero-order chi connectivity index (χ0) is 21.0. The zero-order valence-electron chi connectivity index (χ0n) is 16.5. The number of anilines is 2. The van der Waals surface area contributed by atoms with Gasteiger partial charge in [-0.1, -0.05) is 66.7 Å². The first-order chi connectivity index (χ1) is 14.6. The number of hydrogen-bond donors (Lipinski definition) is 2. The third-order valence-electron chi connectivity index (χ3n) is 5.16. The summed E-state index contributed by atoms with van der Waals surface area (Å²) in [7, 11) is -3.17. The van der Waals surface area contributed by atoms with Crippen LogP contribution in [0.5, 0.6) is 0 Å². The first-order valence-electron chi connectivity index (χ1n) is 9.85. The monoisotopic (exact) mass is 419 g/mol. The van der Waals surface area contributed by atoms with Gasteiger partial charge < -0.3 is 5.11 Å². The van der Waals surface area contributed by atoms with Crippen LogP contribution in [0.3, 0.4) is 0 Å². The SMILES string of the molecule is O=C(O)C/C(=C/c1ccccc1)[P+]1(O)N(c2ccccc2)CCN1c1ccccc1. The molecule has 6 heteroatoms. The minimum absolute atomic E-state index is 0.230. The molecule has 2 N–H and O–H groups in total. The first-order valence-corrected chi connectivity index (χ1v) is 11.5. The Bertz CT molecular complexity index is 979. The van der Waals surface area contributed by atoms with E-state index in [2.05, 4.69) is 0 Å². The van der Waals surface area contributed by atoms with Crippen molar-refractivity contribution in [3.05, 3.63) is 102 Å². The molecule has 1 aliphatic rings. The molecule has 0 atom stereocenters. The summed E-state index contributed by atoms with van der Waals surface area (Å²) in [5.41, 5.74) is 2.64. The van der Waals surface area contributed by atoms with Crippen molar-refractivity contribution in [3.63, 3.8) is 0 Å². The van der Waals surface area contributed by atoms with Gasteiger partial charge in [0.2, 0.25) is 0 Å². The Morgan fingerprint density at radius 2 is 1.23 bits per heavy atom. The molecule has 152 valence electrons. The van der Waals surface area contributed by atoms with E-state index in [1.165, 1.54) is 0 Å². The van der Waals surface area contributed by atoms with Crippen molar-refractivity contribution in [1.29, 1.82) is 0 Å². The van der Waals surface area contributed by atoms with E-state index in [9.17, 15) is 14.8 Å². The summed E-state index contributed by atoms with van der Waals surface area (Å²) < 4.78 is 3.97. The fourth-order valence-electron chi connectivity index (χ4n) is 3.83. The van der Waals surface area contributed by atoms with Gasteiger partial charge in [-0.15, -0.1) is 0 Å². The van der Waals surface area contributed by atoms with Gasteiger partial charge in [0.15, 0.2) is 5.31 Å². The summed E-state index contributed by atoms with van der Waals surface area (Å²) in [6, 6.07) is 29.0. The lowest BCUT2D eigenvalue weighted by Gasteiger charge is -2.32. The molecular formula is C24H24N2O3P+. The van der Waals surface area contributed by atoms with E-state index in [-0.39, 0.29) is 6.42 Å². The molecule has 0 radical (unpaired) electrons. The number of nitrogens with zero attached hydrogens (tertiary/aromatic N) is 2. The van der Waals surface area contributed by atoms with E-state index >= 15 is 0 Å². The highest BCUT2D eigenvalue weighted by molar-refractivity contribution is 7.78. The maximum absolute atomic E-state index is 12.3. The molecule has 1 saturated heterocycles. The van der Waals surface area contributed by atoms with E-state index in [0.717, 1.165) is 16.9 Å². The molecule has 1 heterocycles. The molecule has 3 aromatic rings. The van der Waals surface area contributed by atoms with E-state index in [1.807, 2.05) is 106 Å². The van der Waals surface area contributed by atoms with Crippen LogP contribution in [-0.4, -0.2) is 29.1 Å². The maximum Gasteiger partial charge on any atom is 0.363 e. The Hall–Kier alpha value is -3.14. The number of aliphatic carboxylic acids is 1. The highest BCUT2D eigenvalue weighted by Crippen LogP contribution is 2.73. The van der Waals surface area contributed by atoms with Gasteiger partial charge in [-0.2, -0.15) is 14.2 Å². The van der Waals surface area contributed by atoms with Gasteiger partial charge in [-0.05, 0) is 35.9 Å². The van der Waals surface area contributed by atoms with Crippen molar-refractivity contribution in [2.75, 3.05) is 22.4 Å². The second-order valence-corrected chi connectivity index (χ2v) is 9.78. The van der Waals surface area contributed by atoms with Gasteiger partial charge in [0.25, 0.3) is 0 Å². The van der Waals surface area contributed by atoms with Gasteiger partial charge >= 0.3 is 13.8 Å². The summed E-state index contributed by atoms with van der Waals surface area (Å²) in [6.45, 7) is 1.21. The second-order valence-electron chi connectivity index (χ2n) is 7.10. The standard InChI is InChI=1S/C24H23N2O3P/c27-24(28)19-23(18-20-10-4-1-5-11-20)30(29)25(21-12-6-2-7-13-21)16-17-26(30)22-14-8-3-9-15-22/h1-15,18,29H,16-17,19H2/p+1/b23-18-. The third-order valence-corrected chi connectivity index (χ3v) is 8.42. The van der Waals surface area contributed by atoms with Gasteiger partial charge in [0.05, 0.1) is 24.5 Å². The number of hydrogen-bond acceptors (Lipinski definition) is 4. The van der Waals surface area contributed by atoms with Crippen LogP contribution in [0.25, 0.3) is 6.08 Å². The average Bonchev–Trinajstić information content (AvgIpc) is 3.13. The predicted octanol–water partition coefficient (Wildman–Crippen LogP) is 5.28. The van der Waals surface area contributed by atoms with Crippen LogP contribution in [0.4, 0.5) is 11.4 Å². The van der Waals surface area contributed by atoms with Crippen LogP contribution in [0.1, 0.15) is 12.0 Å². The van der Waals surface area contributed by atoms with Gasteiger partial charge in [0, 0.05) is 0 Å². The zero-order valence-corrected chi connectivity index (χ0v) is 17.4. The molecule has 3 aromatic carbocycles. The van der Waals surface area contributed by atoms with Crippen molar-refractivity contribution >= 4 is 31.2 Å². The Balaban J connectivity index is 1.88. The lowest BCUT2D eigenvalue weighted by molar-refractivity contribution is -0.136. The Morgan fingerprint density at radius 1 is 0.800 bits per heavy atom. The summed E-state index contributed by atoms with van der Waals surface area (Å²) in [4.78, 5) is 24.1. The van der Waals surface area contributed by atoms with Crippen LogP contribution < -0.4 is 9.34 Å². The number of rotatable bonds is 6. The molecule has 0 saturated carbocycles. The highest BCUT2D eigenvalue weighted by Gasteiger charge is 2.59. The van der Waals surface area contributed by atoms with Crippen LogP contribution >= 0.6 is 7.79 Å². The van der Waals surface area contributed by atoms with E-state index < -0.39 is 13.8 Å². The molecule has 0 amide bonds. The average molecular weight is 419 g/mol. The predicted molar refractivity (Wildman–Crippen MR) is 123 cm³/mol. The quantitative estimate of drug-likeness (QED) is 0.532. The fraction of sp³-hybridized carbons (Fsp3) is 0.125. The van der Waals surface area contributed by atoms with Crippen molar-refractivity contribution in [2.24, 2.45) is 0 Å². The minimum Gasteiger partial charge on any atom is -0.481 e. The maximum atomic E-state index is 12.3. The lowest BCUT2D eigenvalue weighted by Crippen LogP contribution is -2.26. The van der Waals surface area contributed by atoms with Crippen LogP contribution in [0.2, 0.25) is 0 Å². The molecule has 0 unspecified atom stereocenters. The molecule has 0 spiro atoms. The number of para-hydroxylation sites is 2. The van der Waals surface area contributed by atoms with Gasteiger partial charge in [-0.3, -0.25) is 4.79 Å². The van der Waals surface area contributed by atoms with E-state index in [4.69, 9.17) is 0 Å². The smallest absolute Gasteiger partial charge is 0.363 e. The van der Waals surface area contributed by atoms with Crippen molar-refractivity contribution in [1.82, 2.24) is 0 Å². The van der Waals surface area contributed by atoms with Crippen LogP contribution in [-0.2, 0) is 4.79 Å². The largest absolute Gasteiger partial charge is 0.481 e. The summed E-state index contributed by atoms with van der Waals surface area (Å²) >= 11 is 0. The molecule has 0 bridgehead atoms. The number of carboxylic acids is 1. The Labute approximate surface area is 177 Å². The van der Waals surface area contributed by atoms with Crippen molar-refractivity contribution in [2.45, 2.75) is 6.42 Å². The molecule has 5 nitrogen and oxygen atoms in total. The van der Waals surface area contributed by atoms with Crippen LogP contribution in [0.15, 0.2) is 96.3 Å². The van der Waals surface area contributed by atoms with Crippen molar-refractivity contribution in [3.8, 4) is 0 Å². The summed E-state index contributed by atoms with van der Waals surface area (Å²) in [5, 5.41) is 10.2. The minimum atomic E-state index is -3.17. The second kappa shape index (κ2) is 8.70. The van der Waals surface area contributed by atoms with Crippen molar-refractivity contribution < 1.29 is 14.8 Å². The molecule has 1 aliphatic heterocycles. The number of benzene rings is 3. The van der Waals surface area contributed by atoms with E-state index in [1.54, 1.807) is 0 Å². The fourth-order valence-corrected chi connectivity index (χ4v) is 7.03. The third kappa shape index (κ3) is 3.95. The molecular weight excluding hydrogens is 395 g/mol. The molecule has 0 aromatic heterocycles. The Morgan fingerprint density at radius 3 is 1.67 bits per heavy atom. The summed E-state index contributed by atoms with van der Waals surface area (Å²) in [5.74, 6) is -0.960. The van der Waals surface area contributed by atoms with E-state index in [0.29, 0.717) is 18.4 Å². The molecule has 1 fully saturated rings. The topological polar surface area (TPSA) is 64.0 Å². The molecule has 30 heavy (non-hydrogen) atoms.